The Morgan fingerprint density at radius 3 is 2.35 bits per heavy atom. The maximum atomic E-state index is 13.4. The van der Waals surface area contributed by atoms with Crippen molar-refractivity contribution in [1.82, 2.24) is 0 Å². The van der Waals surface area contributed by atoms with Gasteiger partial charge in [-0.05, 0) is 49.4 Å². The van der Waals surface area contributed by atoms with E-state index in [4.69, 9.17) is 16.3 Å². The van der Waals surface area contributed by atoms with E-state index in [0.717, 1.165) is 15.9 Å². The Labute approximate surface area is 200 Å². The van der Waals surface area contributed by atoms with Crippen LogP contribution in [0, 0.1) is 6.92 Å². The lowest BCUT2D eigenvalue weighted by molar-refractivity contribution is -0.137. The number of anilines is 2. The number of halogens is 4. The third kappa shape index (κ3) is 5.81. The molecule has 3 rings (SSSR count). The maximum absolute atomic E-state index is 13.4. The number of hydrogen-bond acceptors (Lipinski definition) is 4. The van der Waals surface area contributed by atoms with Crippen LogP contribution < -0.4 is 14.4 Å². The van der Waals surface area contributed by atoms with Crippen molar-refractivity contribution < 1.29 is 31.1 Å². The normalized spacial score (nSPS) is 11.7. The van der Waals surface area contributed by atoms with Gasteiger partial charge in [-0.3, -0.25) is 9.10 Å². The summed E-state index contributed by atoms with van der Waals surface area (Å²) in [7, 11) is -2.80. The molecule has 180 valence electrons. The molecule has 0 unspecified atom stereocenters. The summed E-state index contributed by atoms with van der Waals surface area (Å²) in [4.78, 5) is 12.7. The van der Waals surface area contributed by atoms with Gasteiger partial charge in [0.15, 0.2) is 0 Å². The number of carbonyl (C=O) groups is 1. The standard InChI is InChI=1S/C23H20ClF3N2O4S/c1-15-6-9-19(10-7-15)34(31,32)29(17-4-3-5-18(13-17)33-2)14-22(30)28-16-8-11-21(24)20(12-16)23(25,26)27/h3-13H,14H2,1-2H3,(H,28,30). The molecule has 1 amide bonds. The van der Waals surface area contributed by atoms with E-state index in [2.05, 4.69) is 5.32 Å². The van der Waals surface area contributed by atoms with Crippen LogP contribution in [0.25, 0.3) is 0 Å². The average Bonchev–Trinajstić information content (AvgIpc) is 2.78. The number of amides is 1. The van der Waals surface area contributed by atoms with Gasteiger partial charge in [0, 0.05) is 11.8 Å². The van der Waals surface area contributed by atoms with E-state index in [-0.39, 0.29) is 16.3 Å². The molecule has 0 fully saturated rings. The van der Waals surface area contributed by atoms with E-state index < -0.39 is 39.2 Å². The fourth-order valence-corrected chi connectivity index (χ4v) is 4.71. The second kappa shape index (κ2) is 9.94. The predicted molar refractivity (Wildman–Crippen MR) is 124 cm³/mol. The molecule has 0 bridgehead atoms. The van der Waals surface area contributed by atoms with Gasteiger partial charge in [0.2, 0.25) is 5.91 Å². The van der Waals surface area contributed by atoms with Crippen molar-refractivity contribution >= 4 is 38.9 Å². The fourth-order valence-electron chi connectivity index (χ4n) is 3.07. The van der Waals surface area contributed by atoms with E-state index in [1.165, 1.54) is 37.4 Å². The van der Waals surface area contributed by atoms with E-state index in [1.54, 1.807) is 31.2 Å². The second-order valence-electron chi connectivity index (χ2n) is 7.27. The summed E-state index contributed by atoms with van der Waals surface area (Å²) >= 11 is 5.62. The first kappa shape index (κ1) is 25.4. The third-order valence-electron chi connectivity index (χ3n) is 4.79. The van der Waals surface area contributed by atoms with Crippen molar-refractivity contribution in [3.8, 4) is 5.75 Å². The molecule has 0 atom stereocenters. The number of methoxy groups -OCH3 is 1. The fraction of sp³-hybridized carbons (Fsp3) is 0.174. The molecule has 0 aliphatic rings. The third-order valence-corrected chi connectivity index (χ3v) is 6.91. The highest BCUT2D eigenvalue weighted by atomic mass is 35.5. The number of sulfonamides is 1. The smallest absolute Gasteiger partial charge is 0.417 e. The summed E-state index contributed by atoms with van der Waals surface area (Å²) in [5, 5.41) is 1.79. The Balaban J connectivity index is 1.96. The molecule has 0 spiro atoms. The highest BCUT2D eigenvalue weighted by Crippen LogP contribution is 2.36. The minimum absolute atomic E-state index is 0.0560. The van der Waals surface area contributed by atoms with Crippen molar-refractivity contribution in [1.29, 1.82) is 0 Å². The second-order valence-corrected chi connectivity index (χ2v) is 9.54. The molecule has 0 radical (unpaired) electrons. The zero-order valence-corrected chi connectivity index (χ0v) is 19.6. The molecule has 0 aliphatic heterocycles. The molecule has 0 aliphatic carbocycles. The number of ether oxygens (including phenoxy) is 1. The monoisotopic (exact) mass is 512 g/mol. The van der Waals surface area contributed by atoms with Crippen LogP contribution in [0.15, 0.2) is 71.6 Å². The van der Waals surface area contributed by atoms with Crippen molar-refractivity contribution in [2.24, 2.45) is 0 Å². The first-order valence-corrected chi connectivity index (χ1v) is 11.6. The van der Waals surface area contributed by atoms with Crippen LogP contribution in [0.4, 0.5) is 24.5 Å². The Kier molecular flexibility index (Phi) is 7.42. The van der Waals surface area contributed by atoms with Crippen LogP contribution in [0.2, 0.25) is 5.02 Å². The van der Waals surface area contributed by atoms with Gasteiger partial charge in [-0.25, -0.2) is 8.42 Å². The summed E-state index contributed by atoms with van der Waals surface area (Å²) in [6.07, 6.45) is -4.72. The molecule has 34 heavy (non-hydrogen) atoms. The van der Waals surface area contributed by atoms with E-state index >= 15 is 0 Å². The summed E-state index contributed by atoms with van der Waals surface area (Å²) in [5.74, 6) is -0.497. The quantitative estimate of drug-likeness (QED) is 0.453. The van der Waals surface area contributed by atoms with Crippen LogP contribution in [-0.4, -0.2) is 28.0 Å². The van der Waals surface area contributed by atoms with Crippen LogP contribution in [0.5, 0.6) is 5.75 Å². The molecule has 3 aromatic carbocycles. The zero-order chi connectivity index (χ0) is 25.1. The van der Waals surface area contributed by atoms with Gasteiger partial charge in [0.1, 0.15) is 12.3 Å². The maximum Gasteiger partial charge on any atom is 0.417 e. The van der Waals surface area contributed by atoms with Gasteiger partial charge in [-0.15, -0.1) is 0 Å². The van der Waals surface area contributed by atoms with Crippen LogP contribution in [0.1, 0.15) is 11.1 Å². The van der Waals surface area contributed by atoms with Crippen molar-refractivity contribution in [3.05, 3.63) is 82.9 Å². The van der Waals surface area contributed by atoms with Gasteiger partial charge in [0.25, 0.3) is 10.0 Å². The number of benzene rings is 3. The SMILES string of the molecule is COc1cccc(N(CC(=O)Nc2ccc(Cl)c(C(F)(F)F)c2)S(=O)(=O)c2ccc(C)cc2)c1. The average molecular weight is 513 g/mol. The lowest BCUT2D eigenvalue weighted by Crippen LogP contribution is -2.38. The largest absolute Gasteiger partial charge is 0.497 e. The van der Waals surface area contributed by atoms with E-state index in [9.17, 15) is 26.4 Å². The Morgan fingerprint density at radius 1 is 1.06 bits per heavy atom. The van der Waals surface area contributed by atoms with Crippen molar-refractivity contribution in [3.63, 3.8) is 0 Å². The highest BCUT2D eigenvalue weighted by molar-refractivity contribution is 7.92. The van der Waals surface area contributed by atoms with E-state index in [1.807, 2.05) is 0 Å². The number of alkyl halides is 3. The number of nitrogens with one attached hydrogen (secondary N) is 1. The van der Waals surface area contributed by atoms with Crippen LogP contribution >= 0.6 is 11.6 Å². The van der Waals surface area contributed by atoms with Gasteiger partial charge >= 0.3 is 6.18 Å². The summed E-state index contributed by atoms with van der Waals surface area (Å²) in [6.45, 7) is 1.10. The number of carbonyl (C=O) groups excluding carboxylic acids is 1. The molecule has 3 aromatic rings. The molecule has 0 saturated heterocycles. The zero-order valence-electron chi connectivity index (χ0n) is 18.1. The lowest BCUT2D eigenvalue weighted by atomic mass is 10.2. The Bertz CT molecular complexity index is 1300. The minimum atomic E-state index is -4.72. The molecule has 1 N–H and O–H groups in total. The Hall–Kier alpha value is -3.24. The minimum Gasteiger partial charge on any atom is -0.497 e. The first-order chi connectivity index (χ1) is 15.9. The van der Waals surface area contributed by atoms with Gasteiger partial charge in [-0.1, -0.05) is 35.4 Å². The number of aryl methyl sites for hydroxylation is 1. The topological polar surface area (TPSA) is 75.7 Å². The molecule has 6 nitrogen and oxygen atoms in total. The molecular formula is C23H20ClF3N2O4S. The van der Waals surface area contributed by atoms with Crippen molar-refractivity contribution in [2.75, 3.05) is 23.3 Å². The molecule has 0 heterocycles. The first-order valence-electron chi connectivity index (χ1n) is 9.82. The highest BCUT2D eigenvalue weighted by Gasteiger charge is 2.34. The molecular weight excluding hydrogens is 493 g/mol. The van der Waals surface area contributed by atoms with Crippen molar-refractivity contribution in [2.45, 2.75) is 18.0 Å². The predicted octanol–water partition coefficient (Wildman–Crippen LogP) is 5.51. The van der Waals surface area contributed by atoms with Crippen LogP contribution in [-0.2, 0) is 21.0 Å². The van der Waals surface area contributed by atoms with Crippen LogP contribution in [0.3, 0.4) is 0 Å². The summed E-state index contributed by atoms with van der Waals surface area (Å²) in [6, 6.07) is 15.0. The van der Waals surface area contributed by atoms with Gasteiger partial charge in [-0.2, -0.15) is 13.2 Å². The summed E-state index contributed by atoms with van der Waals surface area (Å²) in [5.41, 5.74) is -0.320. The summed E-state index contributed by atoms with van der Waals surface area (Å²) < 4.78 is 72.2. The number of nitrogens with zero attached hydrogens (tertiary/aromatic N) is 1. The lowest BCUT2D eigenvalue weighted by Gasteiger charge is -2.24. The Morgan fingerprint density at radius 2 is 1.74 bits per heavy atom. The molecule has 11 heteroatoms. The number of hydrogen-bond donors (Lipinski definition) is 1. The van der Waals surface area contributed by atoms with Gasteiger partial charge < -0.3 is 10.1 Å². The molecule has 0 saturated carbocycles. The number of rotatable bonds is 7. The van der Waals surface area contributed by atoms with Gasteiger partial charge in [0.05, 0.1) is 28.3 Å². The van der Waals surface area contributed by atoms with E-state index in [0.29, 0.717) is 11.8 Å². The molecule has 0 aromatic heterocycles.